The van der Waals surface area contributed by atoms with E-state index < -0.39 is 0 Å². The Bertz CT molecular complexity index is 429. The van der Waals surface area contributed by atoms with Gasteiger partial charge in [-0.25, -0.2) is 0 Å². The van der Waals surface area contributed by atoms with Gasteiger partial charge in [0, 0.05) is 18.8 Å². The molecule has 0 fully saturated rings. The molecule has 0 aliphatic heterocycles. The Kier molecular flexibility index (Phi) is 5.83. The Morgan fingerprint density at radius 2 is 1.95 bits per heavy atom. The van der Waals surface area contributed by atoms with Crippen LogP contribution in [0.1, 0.15) is 29.3 Å². The summed E-state index contributed by atoms with van der Waals surface area (Å²) in [6.45, 7) is 6.42. The van der Waals surface area contributed by atoms with Crippen molar-refractivity contribution in [3.63, 3.8) is 0 Å². The molecule has 0 unspecified atom stereocenters. The highest BCUT2D eigenvalue weighted by Crippen LogP contribution is 2.16. The SMILES string of the molecule is CCN(CCCN(C)C)C(=O)c1cc(C)ccc1N. The molecule has 0 aliphatic rings. The number of carbonyl (C=O) groups excluding carboxylic acids is 1. The Labute approximate surface area is 116 Å². The Balaban J connectivity index is 2.75. The zero-order valence-corrected chi connectivity index (χ0v) is 12.4. The van der Waals surface area contributed by atoms with Crippen molar-refractivity contribution in [3.8, 4) is 0 Å². The van der Waals surface area contributed by atoms with Crippen LogP contribution in [0, 0.1) is 6.92 Å². The molecule has 0 spiro atoms. The van der Waals surface area contributed by atoms with Crippen LogP contribution in [0.4, 0.5) is 5.69 Å². The second kappa shape index (κ2) is 7.14. The monoisotopic (exact) mass is 263 g/mol. The number of benzene rings is 1. The molecule has 1 aromatic rings. The van der Waals surface area contributed by atoms with E-state index in [-0.39, 0.29) is 5.91 Å². The first-order chi connectivity index (χ1) is 8.95. The average Bonchev–Trinajstić information content (AvgIpc) is 2.36. The van der Waals surface area contributed by atoms with Crippen LogP contribution in [0.25, 0.3) is 0 Å². The van der Waals surface area contributed by atoms with Gasteiger partial charge in [0.15, 0.2) is 0 Å². The molecule has 106 valence electrons. The van der Waals surface area contributed by atoms with Gasteiger partial charge in [-0.3, -0.25) is 4.79 Å². The van der Waals surface area contributed by atoms with E-state index in [1.165, 1.54) is 0 Å². The highest BCUT2D eigenvalue weighted by atomic mass is 16.2. The number of nitrogens with two attached hydrogens (primary N) is 1. The minimum Gasteiger partial charge on any atom is -0.398 e. The molecule has 1 amide bonds. The van der Waals surface area contributed by atoms with Crippen molar-refractivity contribution in [3.05, 3.63) is 29.3 Å². The van der Waals surface area contributed by atoms with Crippen molar-refractivity contribution in [2.75, 3.05) is 39.5 Å². The molecule has 19 heavy (non-hydrogen) atoms. The summed E-state index contributed by atoms with van der Waals surface area (Å²) in [5.41, 5.74) is 8.14. The highest BCUT2D eigenvalue weighted by molar-refractivity contribution is 5.99. The molecule has 1 rings (SSSR count). The van der Waals surface area contributed by atoms with Gasteiger partial charge in [0.05, 0.1) is 5.56 Å². The smallest absolute Gasteiger partial charge is 0.255 e. The fraction of sp³-hybridized carbons (Fsp3) is 0.533. The van der Waals surface area contributed by atoms with Gasteiger partial charge >= 0.3 is 0 Å². The number of hydrogen-bond acceptors (Lipinski definition) is 3. The van der Waals surface area contributed by atoms with Crippen LogP contribution in [0.2, 0.25) is 0 Å². The summed E-state index contributed by atoms with van der Waals surface area (Å²) in [7, 11) is 4.08. The molecule has 0 radical (unpaired) electrons. The summed E-state index contributed by atoms with van der Waals surface area (Å²) >= 11 is 0. The highest BCUT2D eigenvalue weighted by Gasteiger charge is 2.16. The molecule has 0 heterocycles. The van der Waals surface area contributed by atoms with Gasteiger partial charge in [-0.2, -0.15) is 0 Å². The molecule has 0 saturated heterocycles. The van der Waals surface area contributed by atoms with Gasteiger partial charge in [0.2, 0.25) is 0 Å². The maximum absolute atomic E-state index is 12.5. The first-order valence-electron chi connectivity index (χ1n) is 6.75. The van der Waals surface area contributed by atoms with Crippen LogP contribution >= 0.6 is 0 Å². The largest absolute Gasteiger partial charge is 0.398 e. The van der Waals surface area contributed by atoms with Crippen molar-refractivity contribution < 1.29 is 4.79 Å². The predicted molar refractivity (Wildman–Crippen MR) is 80.3 cm³/mol. The number of nitrogens with zero attached hydrogens (tertiary/aromatic N) is 2. The van der Waals surface area contributed by atoms with Crippen molar-refractivity contribution in [2.45, 2.75) is 20.3 Å². The van der Waals surface area contributed by atoms with E-state index in [4.69, 9.17) is 5.73 Å². The van der Waals surface area contributed by atoms with Crippen LogP contribution < -0.4 is 5.73 Å². The Morgan fingerprint density at radius 3 is 2.53 bits per heavy atom. The van der Waals surface area contributed by atoms with Gasteiger partial charge in [-0.05, 0) is 53.0 Å². The lowest BCUT2D eigenvalue weighted by atomic mass is 10.1. The van der Waals surface area contributed by atoms with Crippen molar-refractivity contribution in [1.29, 1.82) is 0 Å². The fourth-order valence-corrected chi connectivity index (χ4v) is 2.01. The molecule has 2 N–H and O–H groups in total. The third kappa shape index (κ3) is 4.56. The first-order valence-corrected chi connectivity index (χ1v) is 6.75. The number of nitrogen functional groups attached to an aromatic ring is 1. The summed E-state index contributed by atoms with van der Waals surface area (Å²) in [4.78, 5) is 16.4. The normalized spacial score (nSPS) is 10.8. The van der Waals surface area contributed by atoms with E-state index in [9.17, 15) is 4.79 Å². The van der Waals surface area contributed by atoms with E-state index in [0.717, 1.165) is 25.1 Å². The zero-order valence-electron chi connectivity index (χ0n) is 12.4. The lowest BCUT2D eigenvalue weighted by Gasteiger charge is -2.22. The van der Waals surface area contributed by atoms with Crippen LogP contribution in [-0.4, -0.2) is 49.4 Å². The lowest BCUT2D eigenvalue weighted by Crippen LogP contribution is -2.33. The number of anilines is 1. The van der Waals surface area contributed by atoms with E-state index in [2.05, 4.69) is 4.90 Å². The maximum Gasteiger partial charge on any atom is 0.255 e. The van der Waals surface area contributed by atoms with Crippen LogP contribution in [0.3, 0.4) is 0 Å². The molecular weight excluding hydrogens is 238 g/mol. The van der Waals surface area contributed by atoms with Crippen LogP contribution in [-0.2, 0) is 0 Å². The third-order valence-electron chi connectivity index (χ3n) is 3.14. The second-order valence-electron chi connectivity index (χ2n) is 5.13. The summed E-state index contributed by atoms with van der Waals surface area (Å²) < 4.78 is 0. The number of carbonyl (C=O) groups is 1. The van der Waals surface area contributed by atoms with Crippen molar-refractivity contribution in [1.82, 2.24) is 9.80 Å². The van der Waals surface area contributed by atoms with Crippen LogP contribution in [0.5, 0.6) is 0 Å². The Hall–Kier alpha value is -1.55. The van der Waals surface area contributed by atoms with Crippen molar-refractivity contribution in [2.24, 2.45) is 0 Å². The van der Waals surface area contributed by atoms with Gasteiger partial charge in [0.25, 0.3) is 5.91 Å². The molecule has 4 heteroatoms. The minimum atomic E-state index is 0.0301. The standard InChI is InChI=1S/C15H25N3O/c1-5-18(10-6-9-17(3)4)15(19)13-11-12(2)7-8-14(13)16/h7-8,11H,5-6,9-10,16H2,1-4H3. The summed E-state index contributed by atoms with van der Waals surface area (Å²) in [5, 5.41) is 0. The molecule has 0 aliphatic carbocycles. The molecule has 0 atom stereocenters. The van der Waals surface area contributed by atoms with Crippen molar-refractivity contribution >= 4 is 11.6 Å². The molecule has 1 aromatic carbocycles. The fourth-order valence-electron chi connectivity index (χ4n) is 2.01. The zero-order chi connectivity index (χ0) is 14.4. The second-order valence-corrected chi connectivity index (χ2v) is 5.13. The summed E-state index contributed by atoms with van der Waals surface area (Å²) in [6.07, 6.45) is 0.971. The van der Waals surface area contributed by atoms with Crippen LogP contribution in [0.15, 0.2) is 18.2 Å². The predicted octanol–water partition coefficient (Wildman–Crippen LogP) is 1.99. The molecule has 0 bridgehead atoms. The molecule has 0 saturated carbocycles. The molecule has 4 nitrogen and oxygen atoms in total. The van der Waals surface area contributed by atoms with Gasteiger partial charge in [-0.15, -0.1) is 0 Å². The number of aryl methyl sites for hydroxylation is 1. The number of rotatable bonds is 6. The lowest BCUT2D eigenvalue weighted by molar-refractivity contribution is 0.0760. The number of hydrogen-bond donors (Lipinski definition) is 1. The van der Waals surface area contributed by atoms with Gasteiger partial charge in [0.1, 0.15) is 0 Å². The topological polar surface area (TPSA) is 49.6 Å². The summed E-state index contributed by atoms with van der Waals surface area (Å²) in [5.74, 6) is 0.0301. The third-order valence-corrected chi connectivity index (χ3v) is 3.14. The first kappa shape index (κ1) is 15.5. The average molecular weight is 263 g/mol. The quantitative estimate of drug-likeness (QED) is 0.799. The summed E-state index contributed by atoms with van der Waals surface area (Å²) in [6, 6.07) is 5.59. The maximum atomic E-state index is 12.5. The number of amides is 1. The van der Waals surface area contributed by atoms with Gasteiger partial charge < -0.3 is 15.5 Å². The van der Waals surface area contributed by atoms with E-state index in [1.807, 2.05) is 45.0 Å². The molecule has 0 aromatic heterocycles. The Morgan fingerprint density at radius 1 is 1.26 bits per heavy atom. The van der Waals surface area contributed by atoms with E-state index in [0.29, 0.717) is 17.8 Å². The van der Waals surface area contributed by atoms with E-state index in [1.54, 1.807) is 6.07 Å². The van der Waals surface area contributed by atoms with E-state index >= 15 is 0 Å². The minimum absolute atomic E-state index is 0.0301. The molecular formula is C15H25N3O. The van der Waals surface area contributed by atoms with Gasteiger partial charge in [-0.1, -0.05) is 11.6 Å².